The Morgan fingerprint density at radius 3 is 2.57 bits per heavy atom. The fraction of sp³-hybridized carbons (Fsp3) is 0.621. The van der Waals surface area contributed by atoms with Crippen molar-refractivity contribution in [1.29, 1.82) is 0 Å². The van der Waals surface area contributed by atoms with E-state index in [1.807, 2.05) is 45.9 Å². The number of esters is 1. The van der Waals surface area contributed by atoms with Crippen LogP contribution in [0.5, 0.6) is 0 Å². The number of thioether (sulfide) groups is 1. The van der Waals surface area contributed by atoms with E-state index in [2.05, 4.69) is 6.58 Å². The van der Waals surface area contributed by atoms with Crippen molar-refractivity contribution < 1.29 is 24.2 Å². The number of para-hydroxylation sites is 1. The number of benzene rings is 1. The number of carbonyl (C=O) groups is 3. The maximum atomic E-state index is 14.7. The number of hydrogen-bond acceptors (Lipinski definition) is 6. The molecule has 1 aromatic carbocycles. The molecule has 7 nitrogen and oxygen atoms in total. The van der Waals surface area contributed by atoms with Crippen molar-refractivity contribution >= 4 is 35.2 Å². The van der Waals surface area contributed by atoms with Gasteiger partial charge in [-0.3, -0.25) is 14.4 Å². The first-order valence-electron chi connectivity index (χ1n) is 13.4. The lowest BCUT2D eigenvalue weighted by molar-refractivity contribution is -0.154. The molecule has 2 amide bonds. The second kappa shape index (κ2) is 10.8. The third-order valence-corrected chi connectivity index (χ3v) is 10.1. The van der Waals surface area contributed by atoms with Crippen molar-refractivity contribution in [3.63, 3.8) is 0 Å². The van der Waals surface area contributed by atoms with Crippen molar-refractivity contribution in [2.75, 3.05) is 24.7 Å². The Kier molecular flexibility index (Phi) is 8.10. The highest BCUT2D eigenvalue weighted by Crippen LogP contribution is 2.67. The van der Waals surface area contributed by atoms with Gasteiger partial charge < -0.3 is 19.6 Å². The highest BCUT2D eigenvalue weighted by molar-refractivity contribution is 8.02. The van der Waals surface area contributed by atoms with Crippen LogP contribution in [0.4, 0.5) is 5.69 Å². The molecular weight excluding hydrogens is 488 g/mol. The molecule has 0 aromatic heterocycles. The van der Waals surface area contributed by atoms with Crippen LogP contribution >= 0.6 is 11.8 Å². The van der Waals surface area contributed by atoms with Gasteiger partial charge in [0.05, 0.1) is 35.8 Å². The van der Waals surface area contributed by atoms with Crippen LogP contribution < -0.4 is 4.90 Å². The van der Waals surface area contributed by atoms with E-state index in [0.29, 0.717) is 19.4 Å². The summed E-state index contributed by atoms with van der Waals surface area (Å²) in [6.07, 6.45) is 3.71. The Hall–Kier alpha value is -2.32. The fourth-order valence-corrected chi connectivity index (χ4v) is 9.08. The first kappa shape index (κ1) is 27.7. The Morgan fingerprint density at radius 1 is 1.32 bits per heavy atom. The SMILES string of the molecule is C=CCN(C(=O)C1N([C@@H](CO)CC(C)C)C(=O)[C@@H]2[C@@H](C(=O)OCC)[C@H]3CCC12S3)c1c(C)cccc1C. The maximum absolute atomic E-state index is 14.7. The molecule has 2 bridgehead atoms. The maximum Gasteiger partial charge on any atom is 0.310 e. The normalized spacial score (nSPS) is 28.9. The summed E-state index contributed by atoms with van der Waals surface area (Å²) in [6.45, 7) is 14.0. The Balaban J connectivity index is 1.86. The van der Waals surface area contributed by atoms with Gasteiger partial charge in [0.1, 0.15) is 6.04 Å². The molecule has 6 atom stereocenters. The molecule has 0 aliphatic carbocycles. The first-order chi connectivity index (χ1) is 17.6. The summed E-state index contributed by atoms with van der Waals surface area (Å²) in [4.78, 5) is 45.4. The zero-order chi connectivity index (χ0) is 27.1. The van der Waals surface area contributed by atoms with Crippen molar-refractivity contribution in [2.45, 2.75) is 76.0 Å². The molecule has 3 heterocycles. The third kappa shape index (κ3) is 4.50. The van der Waals surface area contributed by atoms with E-state index in [4.69, 9.17) is 4.74 Å². The Morgan fingerprint density at radius 2 is 2.00 bits per heavy atom. The minimum atomic E-state index is -0.783. The molecule has 0 saturated carbocycles. The predicted molar refractivity (Wildman–Crippen MR) is 146 cm³/mol. The molecule has 3 aliphatic heterocycles. The van der Waals surface area contributed by atoms with Gasteiger partial charge in [-0.1, -0.05) is 38.1 Å². The third-order valence-electron chi connectivity index (χ3n) is 8.17. The summed E-state index contributed by atoms with van der Waals surface area (Å²) < 4.78 is 4.69. The van der Waals surface area contributed by atoms with Gasteiger partial charge in [-0.2, -0.15) is 0 Å². The van der Waals surface area contributed by atoms with Crippen LogP contribution in [0, 0.1) is 31.6 Å². The standard InChI is InChI=1S/C29H40N2O5S/c1-7-14-30(24-18(5)10-9-11-19(24)6)27(34)25-29-13-12-21(37-29)22(28(35)36-8-2)23(29)26(33)31(25)20(16-32)15-17(3)4/h7,9-11,17,20-23,25,32H,1,8,12-16H2,2-6H3/t20-,21-,22+,23+,25?,29?/m1/s1. The van der Waals surface area contributed by atoms with Crippen molar-refractivity contribution in [1.82, 2.24) is 4.90 Å². The molecule has 3 saturated heterocycles. The van der Waals surface area contributed by atoms with Gasteiger partial charge in [-0.25, -0.2) is 0 Å². The summed E-state index contributed by atoms with van der Waals surface area (Å²) in [5, 5.41) is 10.4. The number of ether oxygens (including phenoxy) is 1. The molecule has 8 heteroatoms. The van der Waals surface area contributed by atoms with Gasteiger partial charge in [0.2, 0.25) is 5.91 Å². The summed E-state index contributed by atoms with van der Waals surface area (Å²) in [5.41, 5.74) is 2.76. The monoisotopic (exact) mass is 528 g/mol. The molecule has 1 spiro atoms. The molecule has 3 aliphatic rings. The second-order valence-corrected chi connectivity index (χ2v) is 12.6. The Labute approximate surface area is 224 Å². The molecule has 0 radical (unpaired) electrons. The quantitative estimate of drug-likeness (QED) is 0.366. The molecule has 4 rings (SSSR count). The van der Waals surface area contributed by atoms with Gasteiger partial charge in [0, 0.05) is 17.5 Å². The second-order valence-electron chi connectivity index (χ2n) is 11.0. The highest BCUT2D eigenvalue weighted by atomic mass is 32.2. The van der Waals surface area contributed by atoms with Gasteiger partial charge in [0.25, 0.3) is 5.91 Å². The summed E-state index contributed by atoms with van der Waals surface area (Å²) in [5.74, 6) is -1.72. The topological polar surface area (TPSA) is 87.2 Å². The average Bonchev–Trinajstić information content (AvgIpc) is 3.49. The molecule has 3 fully saturated rings. The number of amides is 2. The van der Waals surface area contributed by atoms with Crippen LogP contribution in [0.3, 0.4) is 0 Å². The van der Waals surface area contributed by atoms with E-state index in [1.165, 1.54) is 0 Å². The smallest absolute Gasteiger partial charge is 0.310 e. The van der Waals surface area contributed by atoms with Crippen LogP contribution in [-0.2, 0) is 19.1 Å². The fourth-order valence-electron chi connectivity index (χ4n) is 6.89. The van der Waals surface area contributed by atoms with Crippen LogP contribution in [0.1, 0.15) is 51.2 Å². The molecule has 37 heavy (non-hydrogen) atoms. The number of aliphatic hydroxyl groups is 1. The van der Waals surface area contributed by atoms with Gasteiger partial charge >= 0.3 is 5.97 Å². The van der Waals surface area contributed by atoms with Crippen LogP contribution in [0.15, 0.2) is 30.9 Å². The van der Waals surface area contributed by atoms with E-state index in [9.17, 15) is 19.5 Å². The zero-order valence-electron chi connectivity index (χ0n) is 22.6. The van der Waals surface area contributed by atoms with E-state index in [-0.39, 0.29) is 42.2 Å². The summed E-state index contributed by atoms with van der Waals surface area (Å²) >= 11 is 1.62. The first-order valence-corrected chi connectivity index (χ1v) is 14.3. The summed E-state index contributed by atoms with van der Waals surface area (Å²) in [6, 6.07) is 4.63. The number of fused-ring (bicyclic) bond motifs is 1. The molecular formula is C29H40N2O5S. The van der Waals surface area contributed by atoms with E-state index in [0.717, 1.165) is 23.2 Å². The van der Waals surface area contributed by atoms with Crippen molar-refractivity contribution in [3.05, 3.63) is 42.0 Å². The highest BCUT2D eigenvalue weighted by Gasteiger charge is 2.74. The van der Waals surface area contributed by atoms with Crippen LogP contribution in [-0.4, -0.2) is 69.6 Å². The van der Waals surface area contributed by atoms with Gasteiger partial charge in [0.15, 0.2) is 0 Å². The number of nitrogens with zero attached hydrogens (tertiary/aromatic N) is 2. The number of rotatable bonds is 10. The van der Waals surface area contributed by atoms with Crippen LogP contribution in [0.2, 0.25) is 0 Å². The lowest BCUT2D eigenvalue weighted by Crippen LogP contribution is -2.58. The number of aryl methyl sites for hydroxylation is 2. The van der Waals surface area contributed by atoms with Crippen LogP contribution in [0.25, 0.3) is 0 Å². The molecule has 202 valence electrons. The minimum absolute atomic E-state index is 0.0452. The van der Waals surface area contributed by atoms with Gasteiger partial charge in [-0.05, 0) is 57.1 Å². The average molecular weight is 529 g/mol. The lowest BCUT2D eigenvalue weighted by Gasteiger charge is -2.40. The molecule has 1 aromatic rings. The number of aliphatic hydroxyl groups excluding tert-OH is 1. The predicted octanol–water partition coefficient (Wildman–Crippen LogP) is 3.88. The van der Waals surface area contributed by atoms with Gasteiger partial charge in [-0.15, -0.1) is 18.3 Å². The number of likely N-dealkylation sites (tertiary alicyclic amines) is 1. The Bertz CT molecular complexity index is 1050. The van der Waals surface area contributed by atoms with E-state index in [1.54, 1.807) is 34.6 Å². The lowest BCUT2D eigenvalue weighted by atomic mass is 9.71. The van der Waals surface area contributed by atoms with E-state index >= 15 is 0 Å². The number of carbonyl (C=O) groups excluding carboxylic acids is 3. The molecule has 1 N–H and O–H groups in total. The largest absolute Gasteiger partial charge is 0.466 e. The zero-order valence-corrected chi connectivity index (χ0v) is 23.4. The van der Waals surface area contributed by atoms with E-state index < -0.39 is 28.7 Å². The minimum Gasteiger partial charge on any atom is -0.466 e. The number of anilines is 1. The summed E-state index contributed by atoms with van der Waals surface area (Å²) in [7, 11) is 0. The number of hydrogen-bond donors (Lipinski definition) is 1. The molecule has 2 unspecified atom stereocenters. The van der Waals surface area contributed by atoms with Crippen molar-refractivity contribution in [3.8, 4) is 0 Å². The van der Waals surface area contributed by atoms with Crippen molar-refractivity contribution in [2.24, 2.45) is 17.8 Å².